The predicted molar refractivity (Wildman–Crippen MR) is 164 cm³/mol. The number of hydrogen-bond acceptors (Lipinski definition) is 4. The normalized spacial score (nSPS) is 15.0. The summed E-state index contributed by atoms with van der Waals surface area (Å²) in [5.41, 5.74) is 0.0347. The number of benzene rings is 3. The lowest BCUT2D eigenvalue weighted by Crippen LogP contribution is -2.53. The van der Waals surface area contributed by atoms with Gasteiger partial charge >= 0.3 is 6.18 Å². The maximum absolute atomic E-state index is 14.1. The average molecular weight is 650 g/mol. The van der Waals surface area contributed by atoms with Crippen molar-refractivity contribution in [2.45, 2.75) is 75.7 Å². The molecule has 236 valence electrons. The number of anilines is 1. The molecule has 7 nitrogen and oxygen atoms in total. The summed E-state index contributed by atoms with van der Waals surface area (Å²) in [6.07, 6.45) is -0.105. The van der Waals surface area contributed by atoms with Crippen molar-refractivity contribution in [2.24, 2.45) is 0 Å². The number of alkyl halides is 3. The van der Waals surface area contributed by atoms with Crippen molar-refractivity contribution < 1.29 is 31.2 Å². The Bertz CT molecular complexity index is 1560. The molecule has 3 aromatic rings. The monoisotopic (exact) mass is 649 g/mol. The highest BCUT2D eigenvalue weighted by atomic mass is 35.5. The van der Waals surface area contributed by atoms with Crippen molar-refractivity contribution in [1.82, 2.24) is 10.2 Å². The fraction of sp³-hybridized carbons (Fsp3) is 0.375. The molecule has 12 heteroatoms. The molecule has 0 radical (unpaired) electrons. The summed E-state index contributed by atoms with van der Waals surface area (Å²) in [6, 6.07) is 15.6. The highest BCUT2D eigenvalue weighted by Crippen LogP contribution is 2.37. The lowest BCUT2D eigenvalue weighted by atomic mass is 9.95. The zero-order valence-electron chi connectivity index (χ0n) is 24.5. The van der Waals surface area contributed by atoms with Gasteiger partial charge in [-0.05, 0) is 62.6 Å². The first-order valence-corrected chi connectivity index (χ1v) is 16.2. The molecule has 44 heavy (non-hydrogen) atoms. The van der Waals surface area contributed by atoms with Gasteiger partial charge in [-0.3, -0.25) is 13.9 Å². The first-order valence-electron chi connectivity index (χ1n) is 14.4. The van der Waals surface area contributed by atoms with Gasteiger partial charge in [0.2, 0.25) is 11.8 Å². The molecule has 1 aliphatic carbocycles. The standard InChI is InChI=1S/C32H35ClF3N3O4S/c1-22-13-15-24(16-14-22)20-38(23(2)31(41)37-26-9-5-3-6-10-26)30(40)21-39(44(42,43)27-11-7-4-8-12-27)29-19-25(32(34,35)36)17-18-28(29)33/h4,7-8,11-19,23,26H,3,5-6,9-10,20-21H2,1-2H3,(H,37,41)/t23-/m1/s1. The molecule has 1 atom stereocenters. The van der Waals surface area contributed by atoms with Gasteiger partial charge in [0.25, 0.3) is 10.0 Å². The van der Waals surface area contributed by atoms with Gasteiger partial charge in [0.1, 0.15) is 12.6 Å². The van der Waals surface area contributed by atoms with Crippen molar-refractivity contribution in [3.8, 4) is 0 Å². The molecule has 0 unspecified atom stereocenters. The van der Waals surface area contributed by atoms with Gasteiger partial charge in [-0.25, -0.2) is 8.42 Å². The van der Waals surface area contributed by atoms with Crippen LogP contribution in [-0.4, -0.2) is 43.8 Å². The summed E-state index contributed by atoms with van der Waals surface area (Å²) in [6.45, 7) is 2.52. The molecule has 1 saturated carbocycles. The Morgan fingerprint density at radius 3 is 2.23 bits per heavy atom. The topological polar surface area (TPSA) is 86.8 Å². The Hall–Kier alpha value is -3.57. The van der Waals surface area contributed by atoms with Gasteiger partial charge in [-0.1, -0.05) is 78.9 Å². The van der Waals surface area contributed by atoms with Gasteiger partial charge < -0.3 is 10.2 Å². The van der Waals surface area contributed by atoms with Crippen molar-refractivity contribution in [2.75, 3.05) is 10.8 Å². The third-order valence-corrected chi connectivity index (χ3v) is 9.84. The lowest BCUT2D eigenvalue weighted by molar-refractivity contribution is -0.139. The zero-order valence-corrected chi connectivity index (χ0v) is 26.1. The maximum atomic E-state index is 14.1. The number of sulfonamides is 1. The van der Waals surface area contributed by atoms with Crippen LogP contribution in [0.1, 0.15) is 55.7 Å². The highest BCUT2D eigenvalue weighted by molar-refractivity contribution is 7.92. The molecule has 1 aliphatic rings. The zero-order chi connectivity index (χ0) is 32.1. The number of amides is 2. The second-order valence-electron chi connectivity index (χ2n) is 11.0. The molecule has 1 fully saturated rings. The molecule has 0 spiro atoms. The van der Waals surface area contributed by atoms with Crippen molar-refractivity contribution in [3.05, 3.63) is 94.5 Å². The maximum Gasteiger partial charge on any atom is 0.416 e. The van der Waals surface area contributed by atoms with E-state index in [9.17, 15) is 31.2 Å². The van der Waals surface area contributed by atoms with Gasteiger partial charge in [-0.2, -0.15) is 13.2 Å². The van der Waals surface area contributed by atoms with Crippen molar-refractivity contribution in [1.29, 1.82) is 0 Å². The quantitative estimate of drug-likeness (QED) is 0.264. The van der Waals surface area contributed by atoms with Crippen LogP contribution in [0.4, 0.5) is 18.9 Å². The number of carbonyl (C=O) groups excluding carboxylic acids is 2. The summed E-state index contributed by atoms with van der Waals surface area (Å²) in [5, 5.41) is 2.72. The second-order valence-corrected chi connectivity index (χ2v) is 13.3. The van der Waals surface area contributed by atoms with Gasteiger partial charge in [0.15, 0.2) is 0 Å². The van der Waals surface area contributed by atoms with E-state index >= 15 is 0 Å². The highest BCUT2D eigenvalue weighted by Gasteiger charge is 2.36. The second kappa shape index (κ2) is 14.0. The number of rotatable bonds is 10. The van der Waals surface area contributed by atoms with Crippen LogP contribution in [0, 0.1) is 6.92 Å². The Balaban J connectivity index is 1.74. The predicted octanol–water partition coefficient (Wildman–Crippen LogP) is 6.73. The number of hydrogen-bond donors (Lipinski definition) is 1. The van der Waals surface area contributed by atoms with E-state index < -0.39 is 51.9 Å². The average Bonchev–Trinajstić information content (AvgIpc) is 3.00. The van der Waals surface area contributed by atoms with Gasteiger partial charge in [-0.15, -0.1) is 0 Å². The van der Waals surface area contributed by atoms with Crippen LogP contribution in [0.5, 0.6) is 0 Å². The number of nitrogens with zero attached hydrogens (tertiary/aromatic N) is 2. The minimum Gasteiger partial charge on any atom is -0.352 e. The van der Waals surface area contributed by atoms with E-state index in [-0.39, 0.29) is 22.5 Å². The molecular formula is C32H35ClF3N3O4S. The molecule has 0 aliphatic heterocycles. The summed E-state index contributed by atoms with van der Waals surface area (Å²) in [7, 11) is -4.58. The fourth-order valence-electron chi connectivity index (χ4n) is 5.15. The lowest BCUT2D eigenvalue weighted by Gasteiger charge is -2.33. The van der Waals surface area contributed by atoms with Crippen LogP contribution < -0.4 is 9.62 Å². The molecule has 0 heterocycles. The minimum atomic E-state index is -4.80. The summed E-state index contributed by atoms with van der Waals surface area (Å²) >= 11 is 6.30. The van der Waals surface area contributed by atoms with Crippen molar-refractivity contribution >= 4 is 39.1 Å². The molecule has 0 bridgehead atoms. The first kappa shape index (κ1) is 33.3. The first-order chi connectivity index (χ1) is 20.8. The molecular weight excluding hydrogens is 615 g/mol. The number of aryl methyl sites for hydroxylation is 1. The Kier molecular flexibility index (Phi) is 10.6. The van der Waals surface area contributed by atoms with Gasteiger partial charge in [0.05, 0.1) is 21.2 Å². The number of halogens is 4. The molecule has 0 saturated heterocycles. The smallest absolute Gasteiger partial charge is 0.352 e. The van der Waals surface area contributed by atoms with E-state index in [0.29, 0.717) is 15.9 Å². The van der Waals surface area contributed by atoms with Crippen molar-refractivity contribution in [3.63, 3.8) is 0 Å². The summed E-state index contributed by atoms with van der Waals surface area (Å²) in [5.74, 6) is -1.18. The SMILES string of the molecule is Cc1ccc(CN(C(=O)CN(c2cc(C(F)(F)F)ccc2Cl)S(=O)(=O)c2ccccc2)[C@H](C)C(=O)NC2CCCCC2)cc1. The number of carbonyl (C=O) groups is 2. The Morgan fingerprint density at radius 1 is 0.977 bits per heavy atom. The fourth-order valence-corrected chi connectivity index (χ4v) is 6.87. The number of nitrogens with one attached hydrogen (secondary N) is 1. The van der Waals surface area contributed by atoms with E-state index in [1.54, 1.807) is 25.1 Å². The van der Waals surface area contributed by atoms with Crippen LogP contribution in [0.3, 0.4) is 0 Å². The molecule has 2 amide bonds. The van der Waals surface area contributed by atoms with Crippen LogP contribution >= 0.6 is 11.6 Å². The van der Waals surface area contributed by atoms with Crippen LogP contribution in [-0.2, 0) is 32.3 Å². The van der Waals surface area contributed by atoms with E-state index in [0.717, 1.165) is 49.8 Å². The van der Waals surface area contributed by atoms with E-state index in [4.69, 9.17) is 11.6 Å². The molecule has 1 N–H and O–H groups in total. The Labute approximate surface area is 261 Å². The summed E-state index contributed by atoms with van der Waals surface area (Å²) in [4.78, 5) is 28.5. The van der Waals surface area contributed by atoms with E-state index in [2.05, 4.69) is 5.32 Å². The Morgan fingerprint density at radius 2 is 1.61 bits per heavy atom. The summed E-state index contributed by atoms with van der Waals surface area (Å²) < 4.78 is 69.5. The van der Waals surface area contributed by atoms with Crippen LogP contribution in [0.25, 0.3) is 0 Å². The van der Waals surface area contributed by atoms with Gasteiger partial charge in [0, 0.05) is 12.6 Å². The van der Waals surface area contributed by atoms with Crippen LogP contribution in [0.15, 0.2) is 77.7 Å². The van der Waals surface area contributed by atoms with Crippen LogP contribution in [0.2, 0.25) is 5.02 Å². The van der Waals surface area contributed by atoms with E-state index in [1.807, 2.05) is 19.1 Å². The minimum absolute atomic E-state index is 0.0334. The molecule has 3 aromatic carbocycles. The van der Waals surface area contributed by atoms with E-state index in [1.165, 1.54) is 29.2 Å². The third-order valence-electron chi connectivity index (χ3n) is 7.74. The molecule has 4 rings (SSSR count). The molecule has 0 aromatic heterocycles. The third kappa shape index (κ3) is 8.12. The largest absolute Gasteiger partial charge is 0.416 e.